The van der Waals surface area contributed by atoms with Crippen molar-refractivity contribution >= 4 is 63.1 Å². The van der Waals surface area contributed by atoms with E-state index >= 15 is 0 Å². The van der Waals surface area contributed by atoms with Gasteiger partial charge >= 0.3 is 0 Å². The third-order valence-electron chi connectivity index (χ3n) is 2.27. The van der Waals surface area contributed by atoms with Crippen molar-refractivity contribution in [3.8, 4) is 0 Å². The van der Waals surface area contributed by atoms with E-state index in [4.69, 9.17) is 0 Å². The highest BCUT2D eigenvalue weighted by Gasteiger charge is 2.04. The first kappa shape index (κ1) is 19.7. The Labute approximate surface area is 149 Å². The third-order valence-corrected chi connectivity index (χ3v) is 3.90. The first-order valence-corrected chi connectivity index (χ1v) is 7.60. The highest BCUT2D eigenvalue weighted by atomic mass is 127. The van der Waals surface area contributed by atoms with E-state index in [2.05, 4.69) is 37.6 Å². The van der Waals surface area contributed by atoms with Gasteiger partial charge in [-0.25, -0.2) is 4.99 Å². The second kappa shape index (κ2) is 10.4. The fraction of sp³-hybridized carbons (Fsp3) is 0.500. The quantitative estimate of drug-likeness (QED) is 0.391. The molecule has 0 aliphatic rings. The van der Waals surface area contributed by atoms with Crippen LogP contribution in [0.4, 0.5) is 0 Å². The maximum absolute atomic E-state index is 11.5. The van der Waals surface area contributed by atoms with Crippen LogP contribution >= 0.6 is 51.2 Å². The zero-order valence-corrected chi connectivity index (χ0v) is 16.5. The van der Waals surface area contributed by atoms with Crippen molar-refractivity contribution in [1.82, 2.24) is 15.5 Å². The van der Waals surface area contributed by atoms with E-state index in [0.29, 0.717) is 12.5 Å². The number of thiophene rings is 1. The van der Waals surface area contributed by atoms with E-state index in [1.165, 1.54) is 9.78 Å². The molecule has 20 heavy (non-hydrogen) atoms. The molecule has 0 bridgehead atoms. The van der Waals surface area contributed by atoms with Gasteiger partial charge in [-0.05, 0) is 35.0 Å². The van der Waals surface area contributed by atoms with Crippen molar-refractivity contribution in [3.05, 3.63) is 20.8 Å². The number of amides is 1. The van der Waals surface area contributed by atoms with Gasteiger partial charge in [-0.3, -0.25) is 4.79 Å². The number of aliphatic imine (C=N–C) groups is 1. The number of halogens is 2. The number of carbonyl (C=O) groups is 1. The van der Waals surface area contributed by atoms with Crippen LogP contribution in [0.3, 0.4) is 0 Å². The SMILES string of the molecule is CCNC(=NCC(=O)N(C)C)NCc1ccc(Br)s1.I. The molecule has 5 nitrogen and oxygen atoms in total. The fourth-order valence-electron chi connectivity index (χ4n) is 1.25. The molecule has 114 valence electrons. The second-order valence-corrected chi connectivity index (χ2v) is 6.59. The first-order chi connectivity index (χ1) is 9.02. The summed E-state index contributed by atoms with van der Waals surface area (Å²) in [5, 5.41) is 6.32. The molecule has 0 fully saturated rings. The van der Waals surface area contributed by atoms with Crippen molar-refractivity contribution in [2.24, 2.45) is 4.99 Å². The smallest absolute Gasteiger partial charge is 0.243 e. The molecule has 0 aliphatic heterocycles. The van der Waals surface area contributed by atoms with Gasteiger partial charge in [0, 0.05) is 25.5 Å². The van der Waals surface area contributed by atoms with Crippen LogP contribution in [-0.4, -0.2) is 44.0 Å². The van der Waals surface area contributed by atoms with Crippen LogP contribution < -0.4 is 10.6 Å². The van der Waals surface area contributed by atoms with E-state index in [1.807, 2.05) is 13.0 Å². The Morgan fingerprint density at radius 3 is 2.60 bits per heavy atom. The van der Waals surface area contributed by atoms with E-state index in [0.717, 1.165) is 10.3 Å². The number of guanidine groups is 1. The highest BCUT2D eigenvalue weighted by molar-refractivity contribution is 14.0. The lowest BCUT2D eigenvalue weighted by Crippen LogP contribution is -2.37. The van der Waals surface area contributed by atoms with E-state index in [-0.39, 0.29) is 36.4 Å². The summed E-state index contributed by atoms with van der Waals surface area (Å²) in [6.07, 6.45) is 0. The van der Waals surface area contributed by atoms with Crippen molar-refractivity contribution < 1.29 is 4.79 Å². The second-order valence-electron chi connectivity index (χ2n) is 4.04. The molecule has 8 heteroatoms. The molecule has 0 aromatic carbocycles. The standard InChI is InChI=1S/C12H19BrN4OS.HI/c1-4-14-12(16-8-11(18)17(2)3)15-7-9-5-6-10(13)19-9;/h5-6H,4,7-8H2,1-3H3,(H2,14,15,16);1H. The van der Waals surface area contributed by atoms with Gasteiger partial charge in [0.25, 0.3) is 0 Å². The molecule has 1 rings (SSSR count). The van der Waals surface area contributed by atoms with Crippen LogP contribution in [0.5, 0.6) is 0 Å². The maximum atomic E-state index is 11.5. The Kier molecular flexibility index (Phi) is 10.2. The molecule has 1 aromatic rings. The summed E-state index contributed by atoms with van der Waals surface area (Å²) < 4.78 is 1.11. The predicted octanol–water partition coefficient (Wildman–Crippen LogP) is 2.27. The van der Waals surface area contributed by atoms with Crippen LogP contribution in [-0.2, 0) is 11.3 Å². The van der Waals surface area contributed by atoms with E-state index in [1.54, 1.807) is 25.4 Å². The minimum Gasteiger partial charge on any atom is -0.357 e. The van der Waals surface area contributed by atoms with Crippen LogP contribution in [0.2, 0.25) is 0 Å². The molecule has 1 heterocycles. The fourth-order valence-corrected chi connectivity index (χ4v) is 2.67. The predicted molar refractivity (Wildman–Crippen MR) is 98.9 cm³/mol. The number of likely N-dealkylation sites (N-methyl/N-ethyl adjacent to an activating group) is 1. The lowest BCUT2D eigenvalue weighted by atomic mass is 10.4. The normalized spacial score (nSPS) is 10.7. The van der Waals surface area contributed by atoms with Crippen molar-refractivity contribution in [2.75, 3.05) is 27.2 Å². The molecular weight excluding hydrogens is 455 g/mol. The van der Waals surface area contributed by atoms with Crippen LogP contribution in [0.25, 0.3) is 0 Å². The lowest BCUT2D eigenvalue weighted by Gasteiger charge is -2.12. The van der Waals surface area contributed by atoms with E-state index in [9.17, 15) is 4.79 Å². The monoisotopic (exact) mass is 474 g/mol. The average molecular weight is 475 g/mol. The van der Waals surface area contributed by atoms with Crippen LogP contribution in [0.15, 0.2) is 20.9 Å². The van der Waals surface area contributed by atoms with Gasteiger partial charge in [-0.15, -0.1) is 35.3 Å². The van der Waals surface area contributed by atoms with E-state index < -0.39 is 0 Å². The summed E-state index contributed by atoms with van der Waals surface area (Å²) in [6, 6.07) is 4.07. The molecule has 0 unspecified atom stereocenters. The maximum Gasteiger partial charge on any atom is 0.243 e. The summed E-state index contributed by atoms with van der Waals surface area (Å²) in [7, 11) is 3.45. The number of nitrogens with one attached hydrogen (secondary N) is 2. The molecule has 0 saturated heterocycles. The van der Waals surface area contributed by atoms with Gasteiger partial charge in [-0.1, -0.05) is 0 Å². The van der Waals surface area contributed by atoms with Gasteiger partial charge in [0.05, 0.1) is 10.3 Å². The molecular formula is C12H20BrIN4OS. The number of hydrogen-bond donors (Lipinski definition) is 2. The Hall–Kier alpha value is -0.350. The van der Waals surface area contributed by atoms with Crippen molar-refractivity contribution in [3.63, 3.8) is 0 Å². The molecule has 0 atom stereocenters. The largest absolute Gasteiger partial charge is 0.357 e. The van der Waals surface area contributed by atoms with Crippen molar-refractivity contribution in [2.45, 2.75) is 13.5 Å². The van der Waals surface area contributed by atoms with Crippen LogP contribution in [0.1, 0.15) is 11.8 Å². The van der Waals surface area contributed by atoms with Gasteiger partial charge in [0.1, 0.15) is 6.54 Å². The number of carbonyl (C=O) groups excluding carboxylic acids is 1. The summed E-state index contributed by atoms with van der Waals surface area (Å²) in [4.78, 5) is 18.5. The molecule has 0 aliphatic carbocycles. The Morgan fingerprint density at radius 1 is 1.40 bits per heavy atom. The van der Waals surface area contributed by atoms with Crippen molar-refractivity contribution in [1.29, 1.82) is 0 Å². The van der Waals surface area contributed by atoms with Gasteiger partial charge in [-0.2, -0.15) is 0 Å². The molecule has 0 saturated carbocycles. The first-order valence-electron chi connectivity index (χ1n) is 5.99. The van der Waals surface area contributed by atoms with Gasteiger partial charge < -0.3 is 15.5 Å². The minimum atomic E-state index is -0.0175. The summed E-state index contributed by atoms with van der Waals surface area (Å²) in [5.74, 6) is 0.637. The number of hydrogen-bond acceptors (Lipinski definition) is 3. The number of rotatable bonds is 5. The van der Waals surface area contributed by atoms with Gasteiger partial charge in [0.2, 0.25) is 5.91 Å². The molecule has 1 amide bonds. The summed E-state index contributed by atoms with van der Waals surface area (Å²) in [5.41, 5.74) is 0. The average Bonchev–Trinajstić information content (AvgIpc) is 2.78. The molecule has 1 aromatic heterocycles. The number of nitrogens with zero attached hydrogens (tertiary/aromatic N) is 2. The lowest BCUT2D eigenvalue weighted by molar-refractivity contribution is -0.127. The zero-order valence-electron chi connectivity index (χ0n) is 11.8. The van der Waals surface area contributed by atoms with Gasteiger partial charge in [0.15, 0.2) is 5.96 Å². The minimum absolute atomic E-state index is 0. The summed E-state index contributed by atoms with van der Waals surface area (Å²) >= 11 is 5.10. The zero-order chi connectivity index (χ0) is 14.3. The Bertz CT molecular complexity index is 450. The third kappa shape index (κ3) is 7.44. The Balaban J connectivity index is 0.00000361. The topological polar surface area (TPSA) is 56.7 Å². The molecule has 0 radical (unpaired) electrons. The molecule has 0 spiro atoms. The Morgan fingerprint density at radius 2 is 2.10 bits per heavy atom. The highest BCUT2D eigenvalue weighted by Crippen LogP contribution is 2.21. The molecule has 2 N–H and O–H groups in total. The van der Waals surface area contributed by atoms with Crippen LogP contribution in [0, 0.1) is 0 Å². The summed E-state index contributed by atoms with van der Waals surface area (Å²) in [6.45, 7) is 3.59.